The van der Waals surface area contributed by atoms with E-state index in [1.807, 2.05) is 0 Å². The smallest absolute Gasteiger partial charge is 0.337 e. The predicted molar refractivity (Wildman–Crippen MR) is 57.5 cm³/mol. The third-order valence-corrected chi connectivity index (χ3v) is 2.39. The summed E-state index contributed by atoms with van der Waals surface area (Å²) < 4.78 is 1.61. The molecule has 3 heterocycles. The Morgan fingerprint density at radius 3 is 2.88 bits per heavy atom. The van der Waals surface area contributed by atoms with Gasteiger partial charge in [-0.2, -0.15) is 5.10 Å². The van der Waals surface area contributed by atoms with Crippen LogP contribution in [-0.4, -0.2) is 35.9 Å². The first kappa shape index (κ1) is 9.52. The van der Waals surface area contributed by atoms with Crippen LogP contribution in [0.15, 0.2) is 30.6 Å². The van der Waals surface area contributed by atoms with Crippen LogP contribution in [0.3, 0.4) is 0 Å². The minimum atomic E-state index is -0.990. The summed E-state index contributed by atoms with van der Waals surface area (Å²) in [7, 11) is 0. The first-order valence-electron chi connectivity index (χ1n) is 4.83. The van der Waals surface area contributed by atoms with E-state index < -0.39 is 5.97 Å². The molecule has 0 unspecified atom stereocenters. The highest BCUT2D eigenvalue weighted by Crippen LogP contribution is 2.15. The fourth-order valence-corrected chi connectivity index (χ4v) is 1.58. The molecular formula is C10H7N5O2. The Labute approximate surface area is 94.7 Å². The molecule has 84 valence electrons. The van der Waals surface area contributed by atoms with Gasteiger partial charge in [0.15, 0.2) is 11.5 Å². The van der Waals surface area contributed by atoms with E-state index in [1.165, 1.54) is 12.3 Å². The van der Waals surface area contributed by atoms with Crippen molar-refractivity contribution >= 4 is 11.6 Å². The lowest BCUT2D eigenvalue weighted by atomic mass is 10.3. The van der Waals surface area contributed by atoms with Crippen molar-refractivity contribution in [1.29, 1.82) is 0 Å². The summed E-state index contributed by atoms with van der Waals surface area (Å²) in [5.41, 5.74) is 1.44. The van der Waals surface area contributed by atoms with Crippen molar-refractivity contribution in [3.8, 4) is 11.5 Å². The van der Waals surface area contributed by atoms with Gasteiger partial charge in [-0.25, -0.2) is 4.79 Å². The number of aromatic carboxylic acids is 1. The Morgan fingerprint density at radius 2 is 2.18 bits per heavy atom. The van der Waals surface area contributed by atoms with Gasteiger partial charge in [0.25, 0.3) is 0 Å². The van der Waals surface area contributed by atoms with Gasteiger partial charge in [-0.15, -0.1) is 10.2 Å². The zero-order valence-corrected chi connectivity index (χ0v) is 8.53. The number of nitrogens with one attached hydrogen (secondary N) is 1. The average molecular weight is 229 g/mol. The molecule has 17 heavy (non-hydrogen) atoms. The fraction of sp³-hybridized carbons (Fsp3) is 0. The van der Waals surface area contributed by atoms with Gasteiger partial charge < -0.3 is 5.11 Å². The second kappa shape index (κ2) is 3.41. The number of carboxylic acid groups (broad SMARTS) is 1. The molecule has 0 saturated heterocycles. The lowest BCUT2D eigenvalue weighted by Crippen LogP contribution is -1.99. The van der Waals surface area contributed by atoms with Crippen molar-refractivity contribution in [2.45, 2.75) is 0 Å². The van der Waals surface area contributed by atoms with Crippen LogP contribution >= 0.6 is 0 Å². The molecule has 0 aromatic carbocycles. The number of rotatable bonds is 2. The highest BCUT2D eigenvalue weighted by atomic mass is 16.4. The monoisotopic (exact) mass is 229 g/mol. The van der Waals surface area contributed by atoms with Gasteiger partial charge in [-0.1, -0.05) is 0 Å². The van der Waals surface area contributed by atoms with Gasteiger partial charge in [-0.3, -0.25) is 9.50 Å². The first-order valence-corrected chi connectivity index (χ1v) is 4.83. The number of carbonyl (C=O) groups is 1. The summed E-state index contributed by atoms with van der Waals surface area (Å²) >= 11 is 0. The fourth-order valence-electron chi connectivity index (χ4n) is 1.58. The average Bonchev–Trinajstić information content (AvgIpc) is 2.96. The Kier molecular flexibility index (Phi) is 1.91. The molecule has 3 aromatic heterocycles. The lowest BCUT2D eigenvalue weighted by molar-refractivity contribution is 0.0696. The van der Waals surface area contributed by atoms with E-state index >= 15 is 0 Å². The molecule has 0 saturated carbocycles. The van der Waals surface area contributed by atoms with Crippen molar-refractivity contribution in [1.82, 2.24) is 24.8 Å². The van der Waals surface area contributed by atoms with E-state index in [0.717, 1.165) is 0 Å². The Hall–Kier alpha value is -2.70. The molecule has 0 aliphatic carbocycles. The Bertz CT molecular complexity index is 686. The summed E-state index contributed by atoms with van der Waals surface area (Å²) in [5, 5.41) is 23.4. The van der Waals surface area contributed by atoms with Gasteiger partial charge >= 0.3 is 5.97 Å². The molecule has 0 fully saturated rings. The number of fused-ring (bicyclic) bond motifs is 1. The second-order valence-electron chi connectivity index (χ2n) is 3.45. The van der Waals surface area contributed by atoms with Gasteiger partial charge in [0.1, 0.15) is 5.69 Å². The van der Waals surface area contributed by atoms with Crippen molar-refractivity contribution in [3.05, 3.63) is 36.2 Å². The topological polar surface area (TPSA) is 96.2 Å². The van der Waals surface area contributed by atoms with Gasteiger partial charge in [0.2, 0.25) is 0 Å². The molecule has 0 amide bonds. The molecule has 0 atom stereocenters. The minimum absolute atomic E-state index is 0.179. The quantitative estimate of drug-likeness (QED) is 0.678. The summed E-state index contributed by atoms with van der Waals surface area (Å²) in [5.74, 6) is -0.461. The zero-order valence-electron chi connectivity index (χ0n) is 8.53. The van der Waals surface area contributed by atoms with E-state index in [0.29, 0.717) is 17.2 Å². The van der Waals surface area contributed by atoms with Crippen molar-refractivity contribution < 1.29 is 9.90 Å². The largest absolute Gasteiger partial charge is 0.478 e. The molecule has 2 N–H and O–H groups in total. The van der Waals surface area contributed by atoms with Crippen LogP contribution in [0.4, 0.5) is 0 Å². The van der Waals surface area contributed by atoms with Crippen LogP contribution in [0.2, 0.25) is 0 Å². The third-order valence-electron chi connectivity index (χ3n) is 2.39. The predicted octanol–water partition coefficient (Wildman–Crippen LogP) is 0.818. The van der Waals surface area contributed by atoms with Crippen LogP contribution in [0.5, 0.6) is 0 Å². The van der Waals surface area contributed by atoms with Crippen molar-refractivity contribution in [2.24, 2.45) is 0 Å². The molecule has 7 nitrogen and oxygen atoms in total. The molecule has 7 heteroatoms. The highest BCUT2D eigenvalue weighted by molar-refractivity contribution is 5.87. The molecule has 0 aliphatic rings. The van der Waals surface area contributed by atoms with Gasteiger partial charge in [-0.05, 0) is 18.2 Å². The Morgan fingerprint density at radius 1 is 1.29 bits per heavy atom. The number of hydrogen-bond acceptors (Lipinski definition) is 4. The molecule has 3 aromatic rings. The zero-order chi connectivity index (χ0) is 11.8. The number of H-pyrrole nitrogens is 1. The SMILES string of the molecule is O=C(O)c1ccc2nnc(-c3ccn[nH]3)n2c1. The van der Waals surface area contributed by atoms with Crippen LogP contribution in [0.25, 0.3) is 17.2 Å². The molecule has 3 rings (SSSR count). The van der Waals surface area contributed by atoms with Crippen LogP contribution in [0, 0.1) is 0 Å². The van der Waals surface area contributed by atoms with E-state index in [-0.39, 0.29) is 5.56 Å². The molecule has 0 bridgehead atoms. The summed E-state index contributed by atoms with van der Waals surface area (Å²) in [6.07, 6.45) is 3.07. The number of carboxylic acids is 1. The molecule has 0 spiro atoms. The number of hydrogen-bond donors (Lipinski definition) is 2. The summed E-state index contributed by atoms with van der Waals surface area (Å²) in [4.78, 5) is 10.9. The second-order valence-corrected chi connectivity index (χ2v) is 3.45. The van der Waals surface area contributed by atoms with Gasteiger partial charge in [0.05, 0.1) is 5.56 Å². The molecule has 0 radical (unpaired) electrons. The summed E-state index contributed by atoms with van der Waals surface area (Å²) in [6.45, 7) is 0. The number of nitrogens with zero attached hydrogens (tertiary/aromatic N) is 4. The van der Waals surface area contributed by atoms with Crippen molar-refractivity contribution in [2.75, 3.05) is 0 Å². The maximum absolute atomic E-state index is 10.9. The van der Waals surface area contributed by atoms with E-state index in [2.05, 4.69) is 20.4 Å². The minimum Gasteiger partial charge on any atom is -0.478 e. The molecule has 0 aliphatic heterocycles. The van der Waals surface area contributed by atoms with Gasteiger partial charge in [0, 0.05) is 12.4 Å². The van der Waals surface area contributed by atoms with E-state index in [1.54, 1.807) is 22.7 Å². The van der Waals surface area contributed by atoms with Crippen LogP contribution < -0.4 is 0 Å². The Balaban J connectivity index is 2.26. The number of aromatic amines is 1. The molecular weight excluding hydrogens is 222 g/mol. The maximum atomic E-state index is 10.9. The maximum Gasteiger partial charge on any atom is 0.337 e. The van der Waals surface area contributed by atoms with Crippen LogP contribution in [-0.2, 0) is 0 Å². The summed E-state index contributed by atoms with van der Waals surface area (Å²) in [6, 6.07) is 4.84. The van der Waals surface area contributed by atoms with Crippen molar-refractivity contribution in [3.63, 3.8) is 0 Å². The number of pyridine rings is 1. The third kappa shape index (κ3) is 1.44. The lowest BCUT2D eigenvalue weighted by Gasteiger charge is -1.98. The van der Waals surface area contributed by atoms with E-state index in [9.17, 15) is 4.79 Å². The normalized spacial score (nSPS) is 10.8. The van der Waals surface area contributed by atoms with E-state index in [4.69, 9.17) is 5.11 Å². The standard InChI is InChI=1S/C10H7N5O2/c16-10(17)6-1-2-8-13-14-9(15(8)5-6)7-3-4-11-12-7/h1-5H,(H,11,12)(H,16,17). The highest BCUT2D eigenvalue weighted by Gasteiger charge is 2.11. The number of aromatic nitrogens is 5. The van der Waals surface area contributed by atoms with Crippen LogP contribution in [0.1, 0.15) is 10.4 Å². The first-order chi connectivity index (χ1) is 8.25.